The van der Waals surface area contributed by atoms with Crippen molar-refractivity contribution in [3.05, 3.63) is 0 Å². The van der Waals surface area contributed by atoms with Crippen LogP contribution in [-0.4, -0.2) is 54.0 Å². The number of ether oxygens (including phenoxy) is 5. The van der Waals surface area contributed by atoms with E-state index in [1.165, 1.54) is 0 Å². The lowest BCUT2D eigenvalue weighted by Crippen LogP contribution is -2.42. The molecule has 0 aromatic carbocycles. The van der Waals surface area contributed by atoms with Crippen LogP contribution in [0.3, 0.4) is 0 Å². The molecule has 3 fully saturated rings. The Morgan fingerprint density at radius 1 is 0.944 bits per heavy atom. The van der Waals surface area contributed by atoms with E-state index in [0.717, 1.165) is 0 Å². The van der Waals surface area contributed by atoms with Crippen LogP contribution in [0.25, 0.3) is 0 Å². The van der Waals surface area contributed by atoms with Crippen molar-refractivity contribution in [2.45, 2.75) is 70.0 Å². The van der Waals surface area contributed by atoms with Crippen LogP contribution in [0.1, 0.15) is 27.7 Å². The van der Waals surface area contributed by atoms with Crippen molar-refractivity contribution in [3.8, 4) is 0 Å². The van der Waals surface area contributed by atoms with Crippen molar-refractivity contribution >= 4 is 0 Å². The van der Waals surface area contributed by atoms with Crippen LogP contribution < -0.4 is 0 Å². The number of hydrogen-bond donors (Lipinski definition) is 1. The molecule has 0 radical (unpaired) electrons. The third-order valence-corrected chi connectivity index (χ3v) is 3.45. The van der Waals surface area contributed by atoms with E-state index in [4.69, 9.17) is 23.7 Å². The first-order valence-corrected chi connectivity index (χ1v) is 6.28. The van der Waals surface area contributed by atoms with Crippen LogP contribution in [0.2, 0.25) is 0 Å². The second-order valence-corrected chi connectivity index (χ2v) is 5.93. The lowest BCUT2D eigenvalue weighted by Gasteiger charge is -2.26. The zero-order chi connectivity index (χ0) is 13.1. The third kappa shape index (κ3) is 2.07. The van der Waals surface area contributed by atoms with E-state index in [1.54, 1.807) is 13.8 Å². The Morgan fingerprint density at radius 2 is 1.67 bits per heavy atom. The standard InChI is InChI=1S/C12H20O6/c1-11(2)14-5-6(16-11)8-7(13)9-10(15-8)18-12(3,4)17-9/h6-10,13H,5H2,1-4H3/t6-,7+,8+,9+,10+/m0/s1. The Morgan fingerprint density at radius 3 is 2.22 bits per heavy atom. The second kappa shape index (κ2) is 3.88. The second-order valence-electron chi connectivity index (χ2n) is 5.93. The minimum Gasteiger partial charge on any atom is -0.387 e. The fourth-order valence-electron chi connectivity index (χ4n) is 2.70. The molecule has 3 rings (SSSR count). The van der Waals surface area contributed by atoms with Gasteiger partial charge in [0.15, 0.2) is 17.9 Å². The average molecular weight is 260 g/mol. The van der Waals surface area contributed by atoms with Gasteiger partial charge in [-0.3, -0.25) is 0 Å². The Balaban J connectivity index is 1.68. The highest BCUT2D eigenvalue weighted by atomic mass is 16.8. The van der Waals surface area contributed by atoms with Crippen LogP contribution in [0, 0.1) is 0 Å². The minimum absolute atomic E-state index is 0.295. The van der Waals surface area contributed by atoms with Gasteiger partial charge >= 0.3 is 0 Å². The predicted octanol–water partition coefficient (Wildman–Crippen LogP) is 0.375. The first-order chi connectivity index (χ1) is 8.27. The Hall–Kier alpha value is -0.240. The number of aliphatic hydroxyl groups is 1. The molecule has 3 aliphatic heterocycles. The topological polar surface area (TPSA) is 66.4 Å². The third-order valence-electron chi connectivity index (χ3n) is 3.45. The van der Waals surface area contributed by atoms with Gasteiger partial charge in [0.1, 0.15) is 24.4 Å². The SMILES string of the molecule is CC1(C)O[C@H]2O[C@H]([C@@H]3COC(C)(C)O3)[C@@H](O)[C@H]2O1. The van der Waals surface area contributed by atoms with Crippen LogP contribution in [-0.2, 0) is 23.7 Å². The molecule has 1 N–H and O–H groups in total. The minimum atomic E-state index is -0.765. The van der Waals surface area contributed by atoms with E-state index in [-0.39, 0.29) is 6.10 Å². The summed E-state index contributed by atoms with van der Waals surface area (Å²) in [4.78, 5) is 0. The summed E-state index contributed by atoms with van der Waals surface area (Å²) in [5.41, 5.74) is 0. The van der Waals surface area contributed by atoms with Crippen LogP contribution in [0.4, 0.5) is 0 Å². The van der Waals surface area contributed by atoms with Gasteiger partial charge < -0.3 is 28.8 Å². The lowest BCUT2D eigenvalue weighted by molar-refractivity contribution is -0.232. The Kier molecular flexibility index (Phi) is 2.75. The quantitative estimate of drug-likeness (QED) is 0.735. The van der Waals surface area contributed by atoms with Gasteiger partial charge in [0.25, 0.3) is 0 Å². The normalized spacial score (nSPS) is 49.5. The number of rotatable bonds is 1. The molecule has 0 unspecified atom stereocenters. The molecule has 104 valence electrons. The maximum absolute atomic E-state index is 10.3. The van der Waals surface area contributed by atoms with E-state index < -0.39 is 36.2 Å². The zero-order valence-corrected chi connectivity index (χ0v) is 11.1. The molecule has 0 aromatic heterocycles. The first-order valence-electron chi connectivity index (χ1n) is 6.28. The monoisotopic (exact) mass is 260 g/mol. The summed E-state index contributed by atoms with van der Waals surface area (Å²) in [6.07, 6.45) is -2.53. The van der Waals surface area contributed by atoms with Gasteiger partial charge in [-0.25, -0.2) is 0 Å². The summed E-state index contributed by atoms with van der Waals surface area (Å²) < 4.78 is 28.1. The Bertz CT molecular complexity index is 341. The molecule has 0 aromatic rings. The van der Waals surface area contributed by atoms with E-state index >= 15 is 0 Å². The summed E-state index contributed by atoms with van der Waals surface area (Å²) in [6.45, 7) is 7.68. The van der Waals surface area contributed by atoms with Crippen molar-refractivity contribution in [1.29, 1.82) is 0 Å². The van der Waals surface area contributed by atoms with Crippen molar-refractivity contribution in [2.75, 3.05) is 6.61 Å². The van der Waals surface area contributed by atoms with Gasteiger partial charge in [0, 0.05) is 0 Å². The summed E-state index contributed by atoms with van der Waals surface area (Å²) in [5, 5.41) is 10.3. The molecular weight excluding hydrogens is 240 g/mol. The van der Waals surface area contributed by atoms with Crippen LogP contribution in [0.15, 0.2) is 0 Å². The molecule has 3 heterocycles. The van der Waals surface area contributed by atoms with Gasteiger partial charge in [0.2, 0.25) is 0 Å². The van der Waals surface area contributed by atoms with Crippen molar-refractivity contribution in [2.24, 2.45) is 0 Å². The van der Waals surface area contributed by atoms with Gasteiger partial charge in [-0.15, -0.1) is 0 Å². The summed E-state index contributed by atoms with van der Waals surface area (Å²) in [5.74, 6) is -1.35. The highest BCUT2D eigenvalue weighted by Gasteiger charge is 2.57. The van der Waals surface area contributed by atoms with E-state index in [2.05, 4.69) is 0 Å². The predicted molar refractivity (Wildman–Crippen MR) is 59.6 cm³/mol. The fraction of sp³-hybridized carbons (Fsp3) is 1.00. The van der Waals surface area contributed by atoms with E-state index in [1.807, 2.05) is 13.8 Å². The number of aliphatic hydroxyl groups excluding tert-OH is 1. The molecule has 0 aliphatic carbocycles. The number of hydrogen-bond acceptors (Lipinski definition) is 6. The zero-order valence-electron chi connectivity index (χ0n) is 11.1. The molecule has 0 spiro atoms. The maximum atomic E-state index is 10.3. The largest absolute Gasteiger partial charge is 0.387 e. The van der Waals surface area contributed by atoms with Crippen molar-refractivity contribution in [1.82, 2.24) is 0 Å². The smallest absolute Gasteiger partial charge is 0.190 e. The van der Waals surface area contributed by atoms with Crippen LogP contribution >= 0.6 is 0 Å². The van der Waals surface area contributed by atoms with E-state index in [0.29, 0.717) is 6.61 Å². The molecule has 0 bridgehead atoms. The molecule has 6 nitrogen and oxygen atoms in total. The molecule has 5 atom stereocenters. The molecule has 18 heavy (non-hydrogen) atoms. The van der Waals surface area contributed by atoms with Gasteiger partial charge in [-0.05, 0) is 27.7 Å². The number of fused-ring (bicyclic) bond motifs is 1. The van der Waals surface area contributed by atoms with Gasteiger partial charge in [-0.2, -0.15) is 0 Å². The average Bonchev–Trinajstić information content (AvgIpc) is 2.81. The van der Waals surface area contributed by atoms with Crippen LogP contribution in [0.5, 0.6) is 0 Å². The summed E-state index contributed by atoms with van der Waals surface area (Å²) in [7, 11) is 0. The van der Waals surface area contributed by atoms with Gasteiger partial charge in [-0.1, -0.05) is 0 Å². The molecule has 0 saturated carbocycles. The van der Waals surface area contributed by atoms with E-state index in [9.17, 15) is 5.11 Å². The lowest BCUT2D eigenvalue weighted by atomic mass is 10.1. The fourth-order valence-corrected chi connectivity index (χ4v) is 2.70. The van der Waals surface area contributed by atoms with Gasteiger partial charge in [0.05, 0.1) is 6.61 Å². The highest BCUT2D eigenvalue weighted by molar-refractivity contribution is 4.97. The van der Waals surface area contributed by atoms with Crippen molar-refractivity contribution < 1.29 is 28.8 Å². The molecular formula is C12H20O6. The molecule has 0 amide bonds. The molecule has 3 saturated heterocycles. The highest BCUT2D eigenvalue weighted by Crippen LogP contribution is 2.40. The first kappa shape index (κ1) is 12.8. The maximum Gasteiger partial charge on any atom is 0.190 e. The Labute approximate surface area is 106 Å². The molecule has 3 aliphatic rings. The summed E-state index contributed by atoms with van der Waals surface area (Å²) in [6, 6.07) is 0. The molecule has 6 heteroatoms. The van der Waals surface area contributed by atoms with Crippen molar-refractivity contribution in [3.63, 3.8) is 0 Å². The summed E-state index contributed by atoms with van der Waals surface area (Å²) >= 11 is 0.